The van der Waals surface area contributed by atoms with Crippen molar-refractivity contribution in [2.24, 2.45) is 0 Å². The van der Waals surface area contributed by atoms with Crippen molar-refractivity contribution in [1.82, 2.24) is 4.98 Å². The van der Waals surface area contributed by atoms with E-state index in [0.29, 0.717) is 11.6 Å². The highest BCUT2D eigenvalue weighted by atomic mass is 32.1. The molecule has 0 amide bonds. The maximum atomic E-state index is 12.1. The van der Waals surface area contributed by atoms with Gasteiger partial charge in [0.25, 0.3) is 0 Å². The topological polar surface area (TPSA) is 71.5 Å². The number of ether oxygens (including phenoxy) is 1. The van der Waals surface area contributed by atoms with Crippen molar-refractivity contribution < 1.29 is 14.6 Å². The summed E-state index contributed by atoms with van der Waals surface area (Å²) in [4.78, 5) is 17.5. The highest BCUT2D eigenvalue weighted by Crippen LogP contribution is 2.29. The molecule has 0 aliphatic rings. The van der Waals surface area contributed by atoms with Gasteiger partial charge in [0.1, 0.15) is 11.8 Å². The molecule has 25 heavy (non-hydrogen) atoms. The zero-order chi connectivity index (χ0) is 17.6. The van der Waals surface area contributed by atoms with Gasteiger partial charge in [0.2, 0.25) is 0 Å². The van der Waals surface area contributed by atoms with Crippen molar-refractivity contribution >= 4 is 22.4 Å². The summed E-state index contributed by atoms with van der Waals surface area (Å²) < 4.78 is 4.90. The third-order valence-electron chi connectivity index (χ3n) is 3.72. The van der Waals surface area contributed by atoms with Crippen LogP contribution >= 0.6 is 11.3 Å². The number of nitrogens with zero attached hydrogens (tertiary/aromatic N) is 1. The summed E-state index contributed by atoms with van der Waals surface area (Å²) in [5.74, 6) is -0.164. The molecule has 2 N–H and O–H groups in total. The number of esters is 1. The lowest BCUT2D eigenvalue weighted by Crippen LogP contribution is -2.32. The lowest BCUT2D eigenvalue weighted by atomic mass is 10.1. The molecule has 1 aromatic heterocycles. The van der Waals surface area contributed by atoms with E-state index in [1.807, 2.05) is 30.3 Å². The zero-order valence-electron chi connectivity index (χ0n) is 13.7. The summed E-state index contributed by atoms with van der Waals surface area (Å²) in [5.41, 5.74) is 2.00. The standard InChI is InChI=1S/C19H18N2O3S/c1-24-18(23)16(11-13-7-9-15(22)10-8-13)21-19-20-12-17(25-19)14-5-3-2-4-6-14/h2-10,12,16,22H,11H2,1H3,(H,20,21)/t16-/m0/s1. The summed E-state index contributed by atoms with van der Waals surface area (Å²) >= 11 is 1.49. The van der Waals surface area contributed by atoms with Crippen LogP contribution in [-0.4, -0.2) is 29.2 Å². The minimum Gasteiger partial charge on any atom is -0.508 e. The van der Waals surface area contributed by atoms with Gasteiger partial charge in [-0.25, -0.2) is 9.78 Å². The Kier molecular flexibility index (Phi) is 5.30. The molecule has 0 fully saturated rings. The molecule has 0 unspecified atom stereocenters. The Morgan fingerprint density at radius 1 is 1.20 bits per heavy atom. The Hall–Kier alpha value is -2.86. The molecule has 3 rings (SSSR count). The molecule has 3 aromatic rings. The molecule has 0 aliphatic heterocycles. The van der Waals surface area contributed by atoms with Crippen molar-refractivity contribution in [3.63, 3.8) is 0 Å². The number of hydrogen-bond acceptors (Lipinski definition) is 6. The number of phenolic OH excluding ortho intramolecular Hbond substituents is 1. The number of aromatic hydroxyl groups is 1. The summed E-state index contributed by atoms with van der Waals surface area (Å²) in [6.45, 7) is 0. The molecule has 5 nitrogen and oxygen atoms in total. The van der Waals surface area contributed by atoms with Gasteiger partial charge in [-0.1, -0.05) is 53.8 Å². The average molecular weight is 354 g/mol. The van der Waals surface area contributed by atoms with Gasteiger partial charge in [-0.3, -0.25) is 0 Å². The first-order chi connectivity index (χ1) is 12.2. The second-order valence-electron chi connectivity index (χ2n) is 5.49. The van der Waals surface area contributed by atoms with Crippen LogP contribution in [0.15, 0.2) is 60.8 Å². The first-order valence-electron chi connectivity index (χ1n) is 7.79. The maximum absolute atomic E-state index is 12.1. The van der Waals surface area contributed by atoms with Gasteiger partial charge in [0, 0.05) is 12.6 Å². The molecule has 0 radical (unpaired) electrons. The number of nitrogens with one attached hydrogen (secondary N) is 1. The zero-order valence-corrected chi connectivity index (χ0v) is 14.5. The molecular weight excluding hydrogens is 336 g/mol. The molecule has 6 heteroatoms. The van der Waals surface area contributed by atoms with Crippen LogP contribution in [0.25, 0.3) is 10.4 Å². The number of phenols is 1. The Morgan fingerprint density at radius 2 is 1.92 bits per heavy atom. The highest BCUT2D eigenvalue weighted by molar-refractivity contribution is 7.18. The molecule has 2 aromatic carbocycles. The molecule has 1 atom stereocenters. The van der Waals surface area contributed by atoms with E-state index in [1.165, 1.54) is 18.4 Å². The Bertz CT molecular complexity index is 831. The molecule has 0 saturated carbocycles. The number of aromatic nitrogens is 1. The number of anilines is 1. The van der Waals surface area contributed by atoms with E-state index < -0.39 is 6.04 Å². The Labute approximate surface area is 149 Å². The first-order valence-corrected chi connectivity index (χ1v) is 8.61. The van der Waals surface area contributed by atoms with E-state index in [4.69, 9.17) is 4.74 Å². The van der Waals surface area contributed by atoms with Crippen LogP contribution in [-0.2, 0) is 16.0 Å². The van der Waals surface area contributed by atoms with E-state index in [9.17, 15) is 9.90 Å². The molecule has 0 saturated heterocycles. The molecule has 0 bridgehead atoms. The van der Waals surface area contributed by atoms with Crippen LogP contribution in [0.5, 0.6) is 5.75 Å². The molecular formula is C19H18N2O3S. The number of thiazole rings is 1. The molecule has 0 aliphatic carbocycles. The fraction of sp³-hybridized carbons (Fsp3) is 0.158. The van der Waals surface area contributed by atoms with Gasteiger partial charge in [-0.15, -0.1) is 0 Å². The number of carbonyl (C=O) groups excluding carboxylic acids is 1. The van der Waals surface area contributed by atoms with E-state index in [1.54, 1.807) is 30.5 Å². The van der Waals surface area contributed by atoms with Gasteiger partial charge < -0.3 is 15.2 Å². The molecule has 128 valence electrons. The Morgan fingerprint density at radius 3 is 2.60 bits per heavy atom. The molecule has 1 heterocycles. The van der Waals surface area contributed by atoms with Gasteiger partial charge in [-0.2, -0.15) is 0 Å². The number of carbonyl (C=O) groups is 1. The monoisotopic (exact) mass is 354 g/mol. The maximum Gasteiger partial charge on any atom is 0.328 e. The van der Waals surface area contributed by atoms with Crippen LogP contribution < -0.4 is 5.32 Å². The van der Waals surface area contributed by atoms with Gasteiger partial charge >= 0.3 is 5.97 Å². The third-order valence-corrected chi connectivity index (χ3v) is 4.70. The average Bonchev–Trinajstić information content (AvgIpc) is 3.11. The minimum atomic E-state index is -0.552. The quantitative estimate of drug-likeness (QED) is 0.660. The predicted octanol–water partition coefficient (Wildman–Crippen LogP) is 3.71. The summed E-state index contributed by atoms with van der Waals surface area (Å²) in [6.07, 6.45) is 2.23. The van der Waals surface area contributed by atoms with Crippen LogP contribution in [0.1, 0.15) is 5.56 Å². The highest BCUT2D eigenvalue weighted by Gasteiger charge is 2.21. The SMILES string of the molecule is COC(=O)[C@H](Cc1ccc(O)cc1)Nc1ncc(-c2ccccc2)s1. The second kappa shape index (κ2) is 7.81. The number of rotatable bonds is 6. The lowest BCUT2D eigenvalue weighted by molar-refractivity contribution is -0.141. The van der Waals surface area contributed by atoms with Crippen LogP contribution in [0.2, 0.25) is 0 Å². The van der Waals surface area contributed by atoms with Crippen LogP contribution in [0.4, 0.5) is 5.13 Å². The third kappa shape index (κ3) is 4.36. The van der Waals surface area contributed by atoms with Crippen molar-refractivity contribution in [3.8, 4) is 16.2 Å². The van der Waals surface area contributed by atoms with E-state index in [0.717, 1.165) is 16.0 Å². The summed E-state index contributed by atoms with van der Waals surface area (Å²) in [6, 6.07) is 16.2. The molecule has 0 spiro atoms. The summed E-state index contributed by atoms with van der Waals surface area (Å²) in [7, 11) is 1.37. The van der Waals surface area contributed by atoms with Crippen molar-refractivity contribution in [2.45, 2.75) is 12.5 Å². The summed E-state index contributed by atoms with van der Waals surface area (Å²) in [5, 5.41) is 13.2. The fourth-order valence-corrected chi connectivity index (χ4v) is 3.30. The van der Waals surface area contributed by atoms with E-state index in [-0.39, 0.29) is 11.7 Å². The minimum absolute atomic E-state index is 0.193. The van der Waals surface area contributed by atoms with Crippen molar-refractivity contribution in [3.05, 3.63) is 66.4 Å². The normalized spacial score (nSPS) is 11.7. The Balaban J connectivity index is 1.75. The fourth-order valence-electron chi connectivity index (χ4n) is 2.43. The van der Waals surface area contributed by atoms with E-state index in [2.05, 4.69) is 10.3 Å². The largest absolute Gasteiger partial charge is 0.508 e. The van der Waals surface area contributed by atoms with Crippen molar-refractivity contribution in [2.75, 3.05) is 12.4 Å². The van der Waals surface area contributed by atoms with Gasteiger partial charge in [0.05, 0.1) is 12.0 Å². The van der Waals surface area contributed by atoms with Gasteiger partial charge in [0.15, 0.2) is 5.13 Å². The van der Waals surface area contributed by atoms with Crippen molar-refractivity contribution in [1.29, 1.82) is 0 Å². The number of hydrogen-bond donors (Lipinski definition) is 2. The predicted molar refractivity (Wildman–Crippen MR) is 98.8 cm³/mol. The number of benzene rings is 2. The smallest absolute Gasteiger partial charge is 0.328 e. The van der Waals surface area contributed by atoms with Crippen LogP contribution in [0.3, 0.4) is 0 Å². The number of methoxy groups -OCH3 is 1. The lowest BCUT2D eigenvalue weighted by Gasteiger charge is -2.15. The van der Waals surface area contributed by atoms with E-state index >= 15 is 0 Å². The second-order valence-corrected chi connectivity index (χ2v) is 6.52. The van der Waals surface area contributed by atoms with Crippen LogP contribution in [0, 0.1) is 0 Å². The first kappa shape index (κ1) is 17.0. The van der Waals surface area contributed by atoms with Gasteiger partial charge in [-0.05, 0) is 23.3 Å².